The van der Waals surface area contributed by atoms with Gasteiger partial charge in [-0.2, -0.15) is 0 Å². The highest BCUT2D eigenvalue weighted by Crippen LogP contribution is 2.26. The SMILES string of the molecule is O=C(Cn1c(=O)sc2ccccc21)Nc1nc(-c2ccc(Br)cc2)cs1. The van der Waals surface area contributed by atoms with Crippen molar-refractivity contribution in [3.05, 3.63) is 68.1 Å². The molecular weight excluding hydrogens is 434 g/mol. The second-order valence-electron chi connectivity index (χ2n) is 5.51. The summed E-state index contributed by atoms with van der Waals surface area (Å²) in [6.07, 6.45) is 0. The van der Waals surface area contributed by atoms with Gasteiger partial charge in [-0.3, -0.25) is 14.2 Å². The molecule has 0 bridgehead atoms. The summed E-state index contributed by atoms with van der Waals surface area (Å²) in [5, 5.41) is 5.19. The summed E-state index contributed by atoms with van der Waals surface area (Å²) in [7, 11) is 0. The fourth-order valence-corrected chi connectivity index (χ4v) is 4.44. The van der Waals surface area contributed by atoms with E-state index in [-0.39, 0.29) is 17.3 Å². The molecule has 4 aromatic rings. The Balaban J connectivity index is 1.51. The van der Waals surface area contributed by atoms with E-state index >= 15 is 0 Å². The molecule has 26 heavy (non-hydrogen) atoms. The predicted octanol–water partition coefficient (Wildman–Crippen LogP) is 4.59. The van der Waals surface area contributed by atoms with Crippen LogP contribution < -0.4 is 10.2 Å². The van der Waals surface area contributed by atoms with Crippen LogP contribution in [0.15, 0.2) is 63.2 Å². The summed E-state index contributed by atoms with van der Waals surface area (Å²) >= 11 is 5.90. The number of aromatic nitrogens is 2. The third-order valence-electron chi connectivity index (χ3n) is 3.77. The van der Waals surface area contributed by atoms with Gasteiger partial charge >= 0.3 is 4.87 Å². The maximum Gasteiger partial charge on any atom is 0.308 e. The normalized spacial score (nSPS) is 11.0. The number of para-hydroxylation sites is 1. The highest BCUT2D eigenvalue weighted by Gasteiger charge is 2.13. The topological polar surface area (TPSA) is 64.0 Å². The number of hydrogen-bond donors (Lipinski definition) is 1. The van der Waals surface area contributed by atoms with E-state index in [2.05, 4.69) is 26.2 Å². The van der Waals surface area contributed by atoms with Crippen LogP contribution in [0.5, 0.6) is 0 Å². The van der Waals surface area contributed by atoms with E-state index in [1.54, 1.807) is 0 Å². The van der Waals surface area contributed by atoms with Crippen molar-refractivity contribution in [2.24, 2.45) is 0 Å². The number of nitrogens with zero attached hydrogens (tertiary/aromatic N) is 2. The van der Waals surface area contributed by atoms with Crippen molar-refractivity contribution in [2.45, 2.75) is 6.54 Å². The molecule has 4 rings (SSSR count). The molecule has 2 aromatic heterocycles. The maximum absolute atomic E-state index is 12.4. The number of rotatable bonds is 4. The van der Waals surface area contributed by atoms with Crippen LogP contribution in [0.25, 0.3) is 21.5 Å². The Morgan fingerprint density at radius 1 is 1.15 bits per heavy atom. The molecule has 2 heterocycles. The first kappa shape index (κ1) is 17.1. The van der Waals surface area contributed by atoms with Crippen molar-refractivity contribution < 1.29 is 4.79 Å². The van der Waals surface area contributed by atoms with Gasteiger partial charge < -0.3 is 5.32 Å². The molecule has 0 spiro atoms. The van der Waals surface area contributed by atoms with Gasteiger partial charge in [0.25, 0.3) is 0 Å². The summed E-state index contributed by atoms with van der Waals surface area (Å²) in [6.45, 7) is -0.0317. The molecule has 2 aromatic carbocycles. The average molecular weight is 446 g/mol. The van der Waals surface area contributed by atoms with E-state index in [1.807, 2.05) is 53.9 Å². The van der Waals surface area contributed by atoms with Gasteiger partial charge in [-0.05, 0) is 24.3 Å². The molecule has 0 aliphatic rings. The van der Waals surface area contributed by atoms with Crippen LogP contribution in [0.2, 0.25) is 0 Å². The Kier molecular flexibility index (Phi) is 4.71. The summed E-state index contributed by atoms with van der Waals surface area (Å²) in [5.41, 5.74) is 2.55. The van der Waals surface area contributed by atoms with Gasteiger partial charge in [0.15, 0.2) is 5.13 Å². The van der Waals surface area contributed by atoms with Gasteiger partial charge in [-0.1, -0.05) is 51.5 Å². The molecular formula is C18H12BrN3O2S2. The zero-order chi connectivity index (χ0) is 18.1. The van der Waals surface area contributed by atoms with Crippen molar-refractivity contribution in [3.63, 3.8) is 0 Å². The maximum atomic E-state index is 12.4. The molecule has 8 heteroatoms. The summed E-state index contributed by atoms with van der Waals surface area (Å²) < 4.78 is 3.36. The summed E-state index contributed by atoms with van der Waals surface area (Å²) in [6, 6.07) is 15.3. The van der Waals surface area contributed by atoms with Gasteiger partial charge in [0.2, 0.25) is 5.91 Å². The molecule has 0 aliphatic carbocycles. The standard InChI is InChI=1S/C18H12BrN3O2S2/c19-12-7-5-11(6-8-12)13-10-25-17(20-13)21-16(23)9-22-14-3-1-2-4-15(14)26-18(22)24/h1-8,10H,9H2,(H,20,21,23). The minimum Gasteiger partial charge on any atom is -0.300 e. The summed E-state index contributed by atoms with van der Waals surface area (Å²) in [4.78, 5) is 28.8. The largest absolute Gasteiger partial charge is 0.308 e. The Labute approximate surface area is 165 Å². The van der Waals surface area contributed by atoms with Crippen molar-refractivity contribution in [2.75, 3.05) is 5.32 Å². The fraction of sp³-hybridized carbons (Fsp3) is 0.0556. The van der Waals surface area contributed by atoms with E-state index in [4.69, 9.17) is 0 Å². The third kappa shape index (κ3) is 3.48. The van der Waals surface area contributed by atoms with Crippen LogP contribution >= 0.6 is 38.6 Å². The zero-order valence-electron chi connectivity index (χ0n) is 13.3. The molecule has 0 atom stereocenters. The fourth-order valence-electron chi connectivity index (χ4n) is 2.55. The van der Waals surface area contributed by atoms with Crippen LogP contribution in [0.3, 0.4) is 0 Å². The van der Waals surface area contributed by atoms with Gasteiger partial charge in [0.1, 0.15) is 6.54 Å². The Morgan fingerprint density at radius 2 is 1.92 bits per heavy atom. The highest BCUT2D eigenvalue weighted by atomic mass is 79.9. The van der Waals surface area contributed by atoms with E-state index in [0.717, 1.165) is 37.3 Å². The van der Waals surface area contributed by atoms with Gasteiger partial charge in [0, 0.05) is 15.4 Å². The molecule has 0 saturated heterocycles. The van der Waals surface area contributed by atoms with Crippen molar-refractivity contribution in [1.29, 1.82) is 0 Å². The smallest absolute Gasteiger partial charge is 0.300 e. The van der Waals surface area contributed by atoms with E-state index in [0.29, 0.717) is 5.13 Å². The van der Waals surface area contributed by atoms with Crippen molar-refractivity contribution in [1.82, 2.24) is 9.55 Å². The van der Waals surface area contributed by atoms with Crippen molar-refractivity contribution in [3.8, 4) is 11.3 Å². The number of hydrogen-bond acceptors (Lipinski definition) is 5. The highest BCUT2D eigenvalue weighted by molar-refractivity contribution is 9.10. The minimum absolute atomic E-state index is 0.0317. The second-order valence-corrected chi connectivity index (χ2v) is 8.28. The molecule has 1 N–H and O–H groups in total. The lowest BCUT2D eigenvalue weighted by Crippen LogP contribution is -2.24. The summed E-state index contributed by atoms with van der Waals surface area (Å²) in [5.74, 6) is -0.271. The first-order valence-electron chi connectivity index (χ1n) is 7.70. The molecule has 0 unspecified atom stereocenters. The van der Waals surface area contributed by atoms with E-state index in [1.165, 1.54) is 15.9 Å². The predicted molar refractivity (Wildman–Crippen MR) is 110 cm³/mol. The number of anilines is 1. The number of carbonyl (C=O) groups excluding carboxylic acids is 1. The van der Waals surface area contributed by atoms with Gasteiger partial charge in [-0.15, -0.1) is 11.3 Å². The quantitative estimate of drug-likeness (QED) is 0.499. The number of amides is 1. The lowest BCUT2D eigenvalue weighted by atomic mass is 10.2. The number of halogens is 1. The number of carbonyl (C=O) groups is 1. The molecule has 0 radical (unpaired) electrons. The Morgan fingerprint density at radius 3 is 2.73 bits per heavy atom. The molecule has 0 saturated carbocycles. The van der Waals surface area contributed by atoms with Crippen molar-refractivity contribution >= 4 is 59.9 Å². The molecule has 0 fully saturated rings. The zero-order valence-corrected chi connectivity index (χ0v) is 16.5. The first-order chi connectivity index (χ1) is 12.6. The van der Waals surface area contributed by atoms with Gasteiger partial charge in [-0.25, -0.2) is 4.98 Å². The van der Waals surface area contributed by atoms with Crippen LogP contribution in [0, 0.1) is 0 Å². The third-order valence-corrected chi connectivity index (χ3v) is 6.01. The average Bonchev–Trinajstić information content (AvgIpc) is 3.21. The molecule has 0 aliphatic heterocycles. The van der Waals surface area contributed by atoms with Crippen LogP contribution in [-0.4, -0.2) is 15.5 Å². The molecule has 130 valence electrons. The Bertz CT molecular complexity index is 1150. The van der Waals surface area contributed by atoms with Crippen LogP contribution in [0.1, 0.15) is 0 Å². The van der Waals surface area contributed by atoms with Crippen LogP contribution in [0.4, 0.5) is 5.13 Å². The molecule has 5 nitrogen and oxygen atoms in total. The number of nitrogens with one attached hydrogen (secondary N) is 1. The van der Waals surface area contributed by atoms with Crippen LogP contribution in [-0.2, 0) is 11.3 Å². The molecule has 1 amide bonds. The minimum atomic E-state index is -0.271. The first-order valence-corrected chi connectivity index (χ1v) is 10.2. The number of benzene rings is 2. The second kappa shape index (κ2) is 7.14. The van der Waals surface area contributed by atoms with E-state index < -0.39 is 0 Å². The Hall–Kier alpha value is -2.29. The van der Waals surface area contributed by atoms with Gasteiger partial charge in [0.05, 0.1) is 15.9 Å². The lowest BCUT2D eigenvalue weighted by Gasteiger charge is -2.03. The number of thiazole rings is 2. The lowest BCUT2D eigenvalue weighted by molar-refractivity contribution is -0.116. The van der Waals surface area contributed by atoms with E-state index in [9.17, 15) is 9.59 Å². The monoisotopic (exact) mass is 445 g/mol. The number of fused-ring (bicyclic) bond motifs is 1.